The Labute approximate surface area is 157 Å². The average Bonchev–Trinajstić information content (AvgIpc) is 3.21. The van der Waals surface area contributed by atoms with Crippen LogP contribution in [0.2, 0.25) is 0 Å². The van der Waals surface area contributed by atoms with Gasteiger partial charge in [-0.2, -0.15) is 0 Å². The minimum atomic E-state index is -0.305. The fraction of sp³-hybridized carbons (Fsp3) is 0.273. The standard InChI is InChI=1S/C22H22FNOS/c23-19-8-3-4-9-20(19)25-21(22-10-5-15-26-22)12-14-24-13-11-17-6-1-2-7-18(17)16-24/h1-10,15,21H,11-14,16H2/t21-/m0/s1. The van der Waals surface area contributed by atoms with E-state index in [1.165, 1.54) is 17.2 Å². The molecule has 0 saturated carbocycles. The third-order valence-electron chi connectivity index (χ3n) is 4.88. The molecule has 0 saturated heterocycles. The van der Waals surface area contributed by atoms with Crippen molar-refractivity contribution in [2.24, 2.45) is 0 Å². The summed E-state index contributed by atoms with van der Waals surface area (Å²) in [5.41, 5.74) is 2.88. The van der Waals surface area contributed by atoms with Crippen LogP contribution in [0.15, 0.2) is 66.0 Å². The lowest BCUT2D eigenvalue weighted by Crippen LogP contribution is -2.32. The normalized spacial score (nSPS) is 15.4. The molecule has 0 N–H and O–H groups in total. The third kappa shape index (κ3) is 3.97. The highest BCUT2D eigenvalue weighted by molar-refractivity contribution is 7.10. The molecule has 1 aliphatic rings. The van der Waals surface area contributed by atoms with Crippen molar-refractivity contribution < 1.29 is 9.13 Å². The van der Waals surface area contributed by atoms with Gasteiger partial charge < -0.3 is 4.74 Å². The van der Waals surface area contributed by atoms with Gasteiger partial charge in [0.2, 0.25) is 0 Å². The molecule has 0 bridgehead atoms. The Kier molecular flexibility index (Phi) is 5.32. The van der Waals surface area contributed by atoms with Crippen LogP contribution < -0.4 is 4.74 Å². The first-order valence-corrected chi connectivity index (χ1v) is 9.91. The number of ether oxygens (including phenoxy) is 1. The van der Waals surface area contributed by atoms with Crippen molar-refractivity contribution in [1.82, 2.24) is 4.90 Å². The lowest BCUT2D eigenvalue weighted by molar-refractivity contribution is 0.155. The Bertz CT molecular complexity index is 849. The number of rotatable bonds is 6. The summed E-state index contributed by atoms with van der Waals surface area (Å²) in [6, 6.07) is 19.4. The van der Waals surface area contributed by atoms with E-state index in [1.807, 2.05) is 17.5 Å². The lowest BCUT2D eigenvalue weighted by atomic mass is 9.99. The quantitative estimate of drug-likeness (QED) is 0.574. The summed E-state index contributed by atoms with van der Waals surface area (Å²) in [5, 5.41) is 2.05. The van der Waals surface area contributed by atoms with Crippen molar-refractivity contribution >= 4 is 11.3 Å². The number of nitrogens with zero attached hydrogens (tertiary/aromatic N) is 1. The van der Waals surface area contributed by atoms with E-state index in [0.29, 0.717) is 5.75 Å². The lowest BCUT2D eigenvalue weighted by Gasteiger charge is -2.30. The molecule has 134 valence electrons. The van der Waals surface area contributed by atoms with Crippen LogP contribution in [-0.2, 0) is 13.0 Å². The highest BCUT2D eigenvalue weighted by atomic mass is 32.1. The molecule has 4 rings (SSSR count). The second-order valence-electron chi connectivity index (χ2n) is 6.64. The number of benzene rings is 2. The molecule has 2 heterocycles. The summed E-state index contributed by atoms with van der Waals surface area (Å²) < 4.78 is 20.1. The zero-order valence-corrected chi connectivity index (χ0v) is 15.4. The van der Waals surface area contributed by atoms with Crippen molar-refractivity contribution in [2.45, 2.75) is 25.5 Å². The maximum absolute atomic E-state index is 14.0. The molecule has 1 atom stereocenters. The van der Waals surface area contributed by atoms with Gasteiger partial charge in [-0.15, -0.1) is 11.3 Å². The summed E-state index contributed by atoms with van der Waals surface area (Å²) in [6.45, 7) is 2.98. The van der Waals surface area contributed by atoms with E-state index in [4.69, 9.17) is 4.74 Å². The SMILES string of the molecule is Fc1ccccc1O[C@@H](CCN1CCc2ccccc2C1)c1cccs1. The molecule has 0 radical (unpaired) electrons. The predicted molar refractivity (Wildman–Crippen MR) is 104 cm³/mol. The zero-order valence-electron chi connectivity index (χ0n) is 14.6. The van der Waals surface area contributed by atoms with Gasteiger partial charge >= 0.3 is 0 Å². The third-order valence-corrected chi connectivity index (χ3v) is 5.85. The smallest absolute Gasteiger partial charge is 0.165 e. The molecule has 0 fully saturated rings. The first-order chi connectivity index (χ1) is 12.8. The average molecular weight is 367 g/mol. The molecule has 26 heavy (non-hydrogen) atoms. The van der Waals surface area contributed by atoms with E-state index in [2.05, 4.69) is 35.2 Å². The van der Waals surface area contributed by atoms with Gasteiger partial charge in [-0.25, -0.2) is 4.39 Å². The van der Waals surface area contributed by atoms with Crippen LogP contribution in [0.3, 0.4) is 0 Å². The number of thiophene rings is 1. The minimum absolute atomic E-state index is 0.121. The van der Waals surface area contributed by atoms with Crippen LogP contribution in [0.25, 0.3) is 0 Å². The van der Waals surface area contributed by atoms with Crippen LogP contribution in [-0.4, -0.2) is 18.0 Å². The maximum Gasteiger partial charge on any atom is 0.165 e. The number of hydrogen-bond acceptors (Lipinski definition) is 3. The molecular weight excluding hydrogens is 345 g/mol. The van der Waals surface area contributed by atoms with E-state index >= 15 is 0 Å². The largest absolute Gasteiger partial charge is 0.482 e. The van der Waals surface area contributed by atoms with Crippen LogP contribution in [0, 0.1) is 5.82 Å². The fourth-order valence-corrected chi connectivity index (χ4v) is 4.26. The van der Waals surface area contributed by atoms with Gasteiger partial charge in [-0.1, -0.05) is 42.5 Å². The van der Waals surface area contributed by atoms with Crippen molar-refractivity contribution in [3.05, 3.63) is 87.9 Å². The monoisotopic (exact) mass is 367 g/mol. The van der Waals surface area contributed by atoms with E-state index in [1.54, 1.807) is 23.5 Å². The molecule has 0 aliphatic carbocycles. The van der Waals surface area contributed by atoms with E-state index in [-0.39, 0.29) is 11.9 Å². The van der Waals surface area contributed by atoms with Gasteiger partial charge in [0.25, 0.3) is 0 Å². The molecule has 0 unspecified atom stereocenters. The van der Waals surface area contributed by atoms with Crippen molar-refractivity contribution in [3.63, 3.8) is 0 Å². The van der Waals surface area contributed by atoms with Crippen LogP contribution in [0.4, 0.5) is 4.39 Å². The maximum atomic E-state index is 14.0. The Morgan fingerprint density at radius 2 is 1.81 bits per heavy atom. The van der Waals surface area contributed by atoms with E-state index in [9.17, 15) is 4.39 Å². The predicted octanol–water partition coefficient (Wildman–Crippen LogP) is 5.46. The molecule has 4 heteroatoms. The molecule has 3 aromatic rings. The van der Waals surface area contributed by atoms with Gasteiger partial charge in [0, 0.05) is 30.9 Å². The number of halogens is 1. The van der Waals surface area contributed by atoms with Gasteiger partial charge in [-0.05, 0) is 41.1 Å². The van der Waals surface area contributed by atoms with Crippen LogP contribution >= 0.6 is 11.3 Å². The van der Waals surface area contributed by atoms with Crippen molar-refractivity contribution in [1.29, 1.82) is 0 Å². The summed E-state index contributed by atoms with van der Waals surface area (Å²) in [7, 11) is 0. The highest BCUT2D eigenvalue weighted by Crippen LogP contribution is 2.30. The number of para-hydroxylation sites is 1. The Hall–Kier alpha value is -2.17. The molecule has 0 amide bonds. The Balaban J connectivity index is 1.44. The summed E-state index contributed by atoms with van der Waals surface area (Å²) >= 11 is 1.67. The molecule has 1 aliphatic heterocycles. The molecule has 2 aromatic carbocycles. The summed E-state index contributed by atoms with van der Waals surface area (Å²) in [4.78, 5) is 3.61. The minimum Gasteiger partial charge on any atom is -0.482 e. The fourth-order valence-electron chi connectivity index (χ4n) is 3.47. The molecule has 1 aromatic heterocycles. The number of fused-ring (bicyclic) bond motifs is 1. The van der Waals surface area contributed by atoms with Crippen molar-refractivity contribution in [2.75, 3.05) is 13.1 Å². The van der Waals surface area contributed by atoms with Gasteiger partial charge in [0.15, 0.2) is 11.6 Å². The first-order valence-electron chi connectivity index (χ1n) is 9.03. The van der Waals surface area contributed by atoms with Gasteiger partial charge in [0.05, 0.1) is 0 Å². The molecule has 2 nitrogen and oxygen atoms in total. The van der Waals surface area contributed by atoms with E-state index in [0.717, 1.165) is 37.4 Å². The van der Waals surface area contributed by atoms with Crippen molar-refractivity contribution in [3.8, 4) is 5.75 Å². The van der Waals surface area contributed by atoms with Gasteiger partial charge in [0.1, 0.15) is 6.10 Å². The van der Waals surface area contributed by atoms with Gasteiger partial charge in [-0.3, -0.25) is 4.90 Å². The van der Waals surface area contributed by atoms with E-state index < -0.39 is 0 Å². The summed E-state index contributed by atoms with van der Waals surface area (Å²) in [6.07, 6.45) is 1.81. The zero-order chi connectivity index (χ0) is 17.8. The topological polar surface area (TPSA) is 12.5 Å². The Morgan fingerprint density at radius 1 is 1.00 bits per heavy atom. The molecular formula is C22H22FNOS. The second-order valence-corrected chi connectivity index (χ2v) is 7.62. The second kappa shape index (κ2) is 8.02. The molecule has 0 spiro atoms. The number of hydrogen-bond donors (Lipinski definition) is 0. The first kappa shape index (κ1) is 17.3. The Morgan fingerprint density at radius 3 is 2.62 bits per heavy atom. The van der Waals surface area contributed by atoms with Crippen LogP contribution in [0.5, 0.6) is 5.75 Å². The highest BCUT2D eigenvalue weighted by Gasteiger charge is 2.20. The van der Waals surface area contributed by atoms with Crippen LogP contribution in [0.1, 0.15) is 28.5 Å². The summed E-state index contributed by atoms with van der Waals surface area (Å²) in [5.74, 6) is 0.0239.